The maximum absolute atomic E-state index is 12.7. The van der Waals surface area contributed by atoms with Gasteiger partial charge in [-0.25, -0.2) is 0 Å². The number of aromatic nitrogens is 1. The van der Waals surface area contributed by atoms with E-state index in [-0.39, 0.29) is 18.0 Å². The molecule has 2 aromatic carbocycles. The van der Waals surface area contributed by atoms with Gasteiger partial charge >= 0.3 is 5.97 Å². The Hall–Kier alpha value is -3.58. The quantitative estimate of drug-likeness (QED) is 0.309. The molecular weight excluding hydrogens is 422 g/mol. The van der Waals surface area contributed by atoms with E-state index in [1.807, 2.05) is 0 Å². The maximum atomic E-state index is 12.7. The molecule has 7 nitrogen and oxygen atoms in total. The highest BCUT2D eigenvalue weighted by Crippen LogP contribution is 2.39. The molecule has 0 spiro atoms. The molecule has 1 aliphatic heterocycles. The Kier molecular flexibility index (Phi) is 5.77. The fourth-order valence-electron chi connectivity index (χ4n) is 3.10. The number of carbonyl (C=O) groups is 2. The second kappa shape index (κ2) is 8.65. The molecule has 4 rings (SSSR count). The van der Waals surface area contributed by atoms with E-state index in [4.69, 9.17) is 30.3 Å². The zero-order valence-corrected chi connectivity index (χ0v) is 17.6. The van der Waals surface area contributed by atoms with Crippen LogP contribution < -0.4 is 14.2 Å². The van der Waals surface area contributed by atoms with Crippen LogP contribution in [-0.2, 0) is 11.2 Å². The van der Waals surface area contributed by atoms with Crippen molar-refractivity contribution in [3.8, 4) is 17.4 Å². The van der Waals surface area contributed by atoms with Crippen LogP contribution in [0.5, 0.6) is 17.4 Å². The van der Waals surface area contributed by atoms with Gasteiger partial charge in [-0.15, -0.1) is 0 Å². The first-order valence-electron chi connectivity index (χ1n) is 9.48. The number of aryl methyl sites for hydroxylation is 1. The van der Waals surface area contributed by atoms with Crippen LogP contribution in [0.4, 0.5) is 0 Å². The van der Waals surface area contributed by atoms with Crippen molar-refractivity contribution in [2.24, 2.45) is 0 Å². The van der Waals surface area contributed by atoms with E-state index in [2.05, 4.69) is 5.16 Å². The van der Waals surface area contributed by atoms with Crippen molar-refractivity contribution >= 4 is 29.4 Å². The highest BCUT2D eigenvalue weighted by Gasteiger charge is 2.30. The van der Waals surface area contributed by atoms with Crippen LogP contribution in [0.3, 0.4) is 0 Å². The van der Waals surface area contributed by atoms with E-state index in [1.54, 1.807) is 55.5 Å². The lowest BCUT2D eigenvalue weighted by Crippen LogP contribution is -2.10. The fourth-order valence-corrected chi connectivity index (χ4v) is 3.22. The van der Waals surface area contributed by atoms with Crippen molar-refractivity contribution in [3.63, 3.8) is 0 Å². The molecule has 0 saturated heterocycles. The van der Waals surface area contributed by atoms with Gasteiger partial charge in [0.2, 0.25) is 5.78 Å². The third kappa shape index (κ3) is 4.46. The molecule has 3 aromatic rings. The molecule has 0 unspecified atom stereocenters. The summed E-state index contributed by atoms with van der Waals surface area (Å²) in [5.41, 5.74) is 1.78. The van der Waals surface area contributed by atoms with Crippen molar-refractivity contribution in [3.05, 3.63) is 75.7 Å². The number of benzene rings is 2. The van der Waals surface area contributed by atoms with Crippen LogP contribution in [0.25, 0.3) is 6.08 Å². The van der Waals surface area contributed by atoms with Gasteiger partial charge in [0.15, 0.2) is 5.76 Å². The predicted molar refractivity (Wildman–Crippen MR) is 113 cm³/mol. The number of methoxy groups -OCH3 is 1. The number of hydrogen-bond acceptors (Lipinski definition) is 7. The van der Waals surface area contributed by atoms with Crippen molar-refractivity contribution < 1.29 is 28.3 Å². The zero-order chi connectivity index (χ0) is 22.0. The lowest BCUT2D eigenvalue weighted by atomic mass is 10.1. The average molecular weight is 440 g/mol. The van der Waals surface area contributed by atoms with Gasteiger partial charge in [0.05, 0.1) is 19.1 Å². The molecule has 158 valence electrons. The van der Waals surface area contributed by atoms with Gasteiger partial charge in [0, 0.05) is 23.1 Å². The highest BCUT2D eigenvalue weighted by molar-refractivity contribution is 6.30. The summed E-state index contributed by atoms with van der Waals surface area (Å²) in [5.74, 6) is 1.11. The first kappa shape index (κ1) is 20.7. The number of halogens is 1. The average Bonchev–Trinajstić information content (AvgIpc) is 3.35. The number of hydrogen-bond donors (Lipinski definition) is 0. The van der Waals surface area contributed by atoms with Crippen molar-refractivity contribution in [1.82, 2.24) is 5.16 Å². The lowest BCUT2D eigenvalue weighted by molar-refractivity contribution is -0.134. The maximum Gasteiger partial charge on any atom is 0.311 e. The molecule has 0 N–H and O–H groups in total. The molecule has 0 saturated carbocycles. The van der Waals surface area contributed by atoms with Crippen LogP contribution in [-0.4, -0.2) is 24.0 Å². The topological polar surface area (TPSA) is 87.9 Å². The van der Waals surface area contributed by atoms with Crippen LogP contribution in [0.2, 0.25) is 5.02 Å². The number of nitrogens with zero attached hydrogens (tertiary/aromatic N) is 1. The van der Waals surface area contributed by atoms with E-state index in [1.165, 1.54) is 7.11 Å². The van der Waals surface area contributed by atoms with Gasteiger partial charge in [0.25, 0.3) is 5.88 Å². The number of ketones is 1. The lowest BCUT2D eigenvalue weighted by Gasteiger charge is -2.09. The molecule has 0 amide bonds. The number of ether oxygens (including phenoxy) is 3. The van der Waals surface area contributed by atoms with Gasteiger partial charge in [0.1, 0.15) is 17.3 Å². The minimum absolute atomic E-state index is 0.0936. The second-order valence-corrected chi connectivity index (χ2v) is 7.30. The molecule has 0 aliphatic carbocycles. The van der Waals surface area contributed by atoms with Gasteiger partial charge in [-0.2, -0.15) is 0 Å². The number of Topliss-reactive ketones (excluding diaryl/α,β-unsaturated/α-hetero) is 1. The van der Waals surface area contributed by atoms with E-state index in [0.717, 1.165) is 5.56 Å². The Morgan fingerprint density at radius 3 is 2.68 bits per heavy atom. The van der Waals surface area contributed by atoms with E-state index < -0.39 is 5.97 Å². The summed E-state index contributed by atoms with van der Waals surface area (Å²) in [6.45, 7) is 1.74. The van der Waals surface area contributed by atoms with E-state index >= 15 is 0 Å². The molecule has 0 bridgehead atoms. The standard InChI is InChI=1S/C23H18ClNO6/c1-13-18(29-21(26)10-7-16-12-20(28-2)25-31-16)9-8-17-22(27)19(30-23(13)17)11-14-3-5-15(24)6-4-14/h3-6,8-9,11-12H,7,10H2,1-2H3/b19-11-. The third-order valence-electron chi connectivity index (χ3n) is 4.75. The molecule has 2 heterocycles. The first-order chi connectivity index (χ1) is 14.9. The van der Waals surface area contributed by atoms with E-state index in [0.29, 0.717) is 45.7 Å². The monoisotopic (exact) mass is 439 g/mol. The largest absolute Gasteiger partial charge is 0.479 e. The fraction of sp³-hybridized carbons (Fsp3) is 0.174. The van der Waals surface area contributed by atoms with Crippen LogP contribution in [0.15, 0.2) is 52.7 Å². The number of rotatable bonds is 6. The highest BCUT2D eigenvalue weighted by atomic mass is 35.5. The summed E-state index contributed by atoms with van der Waals surface area (Å²) in [6, 6.07) is 11.9. The smallest absolute Gasteiger partial charge is 0.311 e. The molecule has 0 fully saturated rings. The Balaban J connectivity index is 1.46. The van der Waals surface area contributed by atoms with E-state index in [9.17, 15) is 9.59 Å². The number of esters is 1. The normalized spacial score (nSPS) is 13.8. The summed E-state index contributed by atoms with van der Waals surface area (Å²) in [7, 11) is 1.48. The summed E-state index contributed by atoms with van der Waals surface area (Å²) in [6.07, 6.45) is 2.06. The zero-order valence-electron chi connectivity index (χ0n) is 16.8. The number of fused-ring (bicyclic) bond motifs is 1. The Bertz CT molecular complexity index is 1180. The number of carbonyl (C=O) groups excluding carboxylic acids is 2. The van der Waals surface area contributed by atoms with Crippen molar-refractivity contribution in [2.45, 2.75) is 19.8 Å². The minimum atomic E-state index is -0.445. The molecule has 1 aliphatic rings. The Labute approximate surface area is 183 Å². The van der Waals surface area contributed by atoms with Gasteiger partial charge in [-0.1, -0.05) is 23.7 Å². The molecule has 1 aromatic heterocycles. The molecule has 8 heteroatoms. The predicted octanol–water partition coefficient (Wildman–Crippen LogP) is 4.80. The van der Waals surface area contributed by atoms with Gasteiger partial charge in [-0.05, 0) is 48.0 Å². The molecule has 0 radical (unpaired) electrons. The van der Waals surface area contributed by atoms with Gasteiger partial charge < -0.3 is 18.7 Å². The van der Waals surface area contributed by atoms with Crippen molar-refractivity contribution in [1.29, 1.82) is 0 Å². The number of allylic oxidation sites excluding steroid dienone is 1. The molecule has 31 heavy (non-hydrogen) atoms. The van der Waals surface area contributed by atoms with Gasteiger partial charge in [-0.3, -0.25) is 9.59 Å². The summed E-state index contributed by atoms with van der Waals surface area (Å²) >= 11 is 5.90. The Morgan fingerprint density at radius 1 is 1.19 bits per heavy atom. The second-order valence-electron chi connectivity index (χ2n) is 6.87. The molecule has 0 atom stereocenters. The van der Waals surface area contributed by atoms with Crippen molar-refractivity contribution in [2.75, 3.05) is 7.11 Å². The van der Waals surface area contributed by atoms with Crippen LogP contribution in [0, 0.1) is 6.92 Å². The summed E-state index contributed by atoms with van der Waals surface area (Å²) in [4.78, 5) is 25.0. The first-order valence-corrected chi connectivity index (χ1v) is 9.86. The summed E-state index contributed by atoms with van der Waals surface area (Å²) in [5, 5.41) is 4.29. The minimum Gasteiger partial charge on any atom is -0.479 e. The van der Waals surface area contributed by atoms with Crippen LogP contribution in [0.1, 0.15) is 33.7 Å². The SMILES string of the molecule is COc1cc(CCC(=O)Oc2ccc3c(c2C)O/C(=C\c2ccc(Cl)cc2)C3=O)on1. The summed E-state index contributed by atoms with van der Waals surface area (Å²) < 4.78 is 21.3. The van der Waals surface area contributed by atoms with Crippen LogP contribution >= 0.6 is 11.6 Å². The molecular formula is C23H18ClNO6. The Morgan fingerprint density at radius 2 is 1.97 bits per heavy atom. The third-order valence-corrected chi connectivity index (χ3v) is 5.00.